The standard InChI is InChI=1S/C21H26N4OS/c1-24(2)21-23-17-14-18(19(26)22-15-10-6-3-4-7-11-15)27-20(17)25(21)16-12-8-5-9-13-16/h5,8-9,12-15H,3-4,6-7,10-11H2,1-2H3,(H,22,26). The average molecular weight is 383 g/mol. The highest BCUT2D eigenvalue weighted by Crippen LogP contribution is 2.32. The highest BCUT2D eigenvalue weighted by Gasteiger charge is 2.21. The Balaban J connectivity index is 1.66. The summed E-state index contributed by atoms with van der Waals surface area (Å²) in [6.07, 6.45) is 7.18. The average Bonchev–Trinajstić information content (AvgIpc) is 3.12. The number of nitrogens with zero attached hydrogens (tertiary/aromatic N) is 3. The van der Waals surface area contributed by atoms with Gasteiger partial charge < -0.3 is 10.2 Å². The molecule has 1 fully saturated rings. The summed E-state index contributed by atoms with van der Waals surface area (Å²) < 4.78 is 2.13. The van der Waals surface area contributed by atoms with Gasteiger partial charge in [0.15, 0.2) is 0 Å². The van der Waals surface area contributed by atoms with Crippen molar-refractivity contribution in [2.24, 2.45) is 0 Å². The Hall–Kier alpha value is -2.34. The largest absolute Gasteiger partial charge is 0.349 e. The second-order valence-electron chi connectivity index (χ2n) is 7.44. The third kappa shape index (κ3) is 3.72. The molecule has 4 rings (SSSR count). The normalized spacial score (nSPS) is 15.6. The summed E-state index contributed by atoms with van der Waals surface area (Å²) in [6, 6.07) is 12.4. The molecule has 0 aliphatic heterocycles. The molecule has 6 heteroatoms. The van der Waals surface area contributed by atoms with Crippen LogP contribution in [0.1, 0.15) is 48.2 Å². The predicted molar refractivity (Wildman–Crippen MR) is 112 cm³/mol. The van der Waals surface area contributed by atoms with Gasteiger partial charge in [-0.15, -0.1) is 11.3 Å². The smallest absolute Gasteiger partial charge is 0.261 e. The summed E-state index contributed by atoms with van der Waals surface area (Å²) in [7, 11) is 3.98. The summed E-state index contributed by atoms with van der Waals surface area (Å²) in [5.74, 6) is 0.911. The number of anilines is 1. The number of benzene rings is 1. The lowest BCUT2D eigenvalue weighted by Crippen LogP contribution is -2.33. The highest BCUT2D eigenvalue weighted by molar-refractivity contribution is 7.20. The van der Waals surface area contributed by atoms with Crippen molar-refractivity contribution in [2.45, 2.75) is 44.6 Å². The molecule has 1 aliphatic carbocycles. The van der Waals surface area contributed by atoms with Crippen LogP contribution >= 0.6 is 11.3 Å². The number of rotatable bonds is 4. The van der Waals surface area contributed by atoms with Crippen molar-refractivity contribution in [1.82, 2.24) is 14.9 Å². The number of carbonyl (C=O) groups excluding carboxylic acids is 1. The third-order valence-electron chi connectivity index (χ3n) is 5.15. The Morgan fingerprint density at radius 3 is 2.52 bits per heavy atom. The number of para-hydroxylation sites is 1. The molecule has 0 radical (unpaired) electrons. The molecule has 0 atom stereocenters. The van der Waals surface area contributed by atoms with Crippen LogP contribution < -0.4 is 10.2 Å². The van der Waals surface area contributed by atoms with Crippen LogP contribution in [-0.2, 0) is 0 Å². The zero-order valence-corrected chi connectivity index (χ0v) is 16.8. The van der Waals surface area contributed by atoms with Gasteiger partial charge in [-0.25, -0.2) is 4.98 Å². The molecule has 5 nitrogen and oxygen atoms in total. The predicted octanol–water partition coefficient (Wildman–Crippen LogP) is 4.61. The maximum atomic E-state index is 12.8. The molecule has 2 heterocycles. The van der Waals surface area contributed by atoms with Crippen molar-refractivity contribution in [3.05, 3.63) is 41.3 Å². The molecule has 0 bridgehead atoms. The second kappa shape index (κ2) is 7.72. The van der Waals surface area contributed by atoms with E-state index in [0.29, 0.717) is 6.04 Å². The Labute approximate surface area is 164 Å². The molecule has 1 aromatic carbocycles. The van der Waals surface area contributed by atoms with E-state index in [2.05, 4.69) is 22.0 Å². The minimum Gasteiger partial charge on any atom is -0.349 e. The summed E-state index contributed by atoms with van der Waals surface area (Å²) >= 11 is 1.52. The van der Waals surface area contributed by atoms with Gasteiger partial charge in [-0.2, -0.15) is 0 Å². The molecule has 0 spiro atoms. The Bertz CT molecular complexity index is 920. The summed E-state index contributed by atoms with van der Waals surface area (Å²) in [6.45, 7) is 0. The van der Waals surface area contributed by atoms with Crippen molar-refractivity contribution < 1.29 is 4.79 Å². The molecule has 0 saturated heterocycles. The van der Waals surface area contributed by atoms with Crippen molar-refractivity contribution in [3.8, 4) is 5.69 Å². The molecule has 142 valence electrons. The zero-order valence-electron chi connectivity index (χ0n) is 15.9. The Kier molecular flexibility index (Phi) is 5.16. The van der Waals surface area contributed by atoms with Gasteiger partial charge in [-0.3, -0.25) is 9.36 Å². The fourth-order valence-corrected chi connectivity index (χ4v) is 4.78. The summed E-state index contributed by atoms with van der Waals surface area (Å²) in [5.41, 5.74) is 1.93. The number of amides is 1. The lowest BCUT2D eigenvalue weighted by molar-refractivity contribution is 0.0937. The molecule has 1 saturated carbocycles. The molecule has 1 N–H and O–H groups in total. The molecule has 1 aliphatic rings. The van der Waals surface area contributed by atoms with E-state index in [1.807, 2.05) is 43.3 Å². The number of hydrogen-bond acceptors (Lipinski definition) is 4. The zero-order chi connectivity index (χ0) is 18.8. The van der Waals surface area contributed by atoms with Crippen molar-refractivity contribution in [2.75, 3.05) is 19.0 Å². The maximum Gasteiger partial charge on any atom is 0.261 e. The van der Waals surface area contributed by atoms with Crippen LogP contribution in [-0.4, -0.2) is 35.6 Å². The fourth-order valence-electron chi connectivity index (χ4n) is 3.76. The SMILES string of the molecule is CN(C)c1nc2cc(C(=O)NC3CCCCCC3)sc2n1-c1ccccc1. The minimum absolute atomic E-state index is 0.0379. The van der Waals surface area contributed by atoms with Crippen LogP contribution in [0.5, 0.6) is 0 Å². The first-order valence-corrected chi connectivity index (χ1v) is 10.5. The second-order valence-corrected chi connectivity index (χ2v) is 8.47. The Morgan fingerprint density at radius 1 is 1.15 bits per heavy atom. The molecule has 0 unspecified atom stereocenters. The van der Waals surface area contributed by atoms with Crippen LogP contribution in [0.4, 0.5) is 5.95 Å². The van der Waals surface area contributed by atoms with Gasteiger partial charge in [0.2, 0.25) is 5.95 Å². The van der Waals surface area contributed by atoms with Crippen LogP contribution in [0.25, 0.3) is 16.0 Å². The summed E-state index contributed by atoms with van der Waals surface area (Å²) in [4.78, 5) is 21.3. The topological polar surface area (TPSA) is 50.2 Å². The molecular formula is C21H26N4OS. The van der Waals surface area contributed by atoms with Crippen LogP contribution in [0.15, 0.2) is 36.4 Å². The number of hydrogen-bond donors (Lipinski definition) is 1. The number of nitrogens with one attached hydrogen (secondary N) is 1. The number of carbonyl (C=O) groups is 1. The number of thiophene rings is 1. The molecule has 27 heavy (non-hydrogen) atoms. The van der Waals surface area contributed by atoms with Gasteiger partial charge in [0.25, 0.3) is 5.91 Å². The van der Waals surface area contributed by atoms with Crippen LogP contribution in [0.2, 0.25) is 0 Å². The minimum atomic E-state index is 0.0379. The van der Waals surface area contributed by atoms with E-state index in [1.54, 1.807) is 0 Å². The van der Waals surface area contributed by atoms with E-state index >= 15 is 0 Å². The van der Waals surface area contributed by atoms with Crippen molar-refractivity contribution >= 4 is 33.5 Å². The lowest BCUT2D eigenvalue weighted by Gasteiger charge is -2.16. The molecule has 3 aromatic rings. The first kappa shape index (κ1) is 18.0. The van der Waals surface area contributed by atoms with Gasteiger partial charge in [0.1, 0.15) is 10.3 Å². The van der Waals surface area contributed by atoms with E-state index in [1.165, 1.54) is 37.0 Å². The van der Waals surface area contributed by atoms with Gasteiger partial charge >= 0.3 is 0 Å². The third-order valence-corrected chi connectivity index (χ3v) is 6.25. The van der Waals surface area contributed by atoms with Gasteiger partial charge in [-0.05, 0) is 31.0 Å². The summed E-state index contributed by atoms with van der Waals surface area (Å²) in [5, 5.41) is 3.25. The quantitative estimate of drug-likeness (QED) is 0.671. The number of aromatic nitrogens is 2. The number of fused-ring (bicyclic) bond motifs is 1. The van der Waals surface area contributed by atoms with Gasteiger partial charge in [-0.1, -0.05) is 43.9 Å². The van der Waals surface area contributed by atoms with E-state index in [9.17, 15) is 4.79 Å². The molecule has 1 amide bonds. The number of imidazole rings is 1. The first-order valence-electron chi connectivity index (χ1n) is 9.69. The monoisotopic (exact) mass is 382 g/mol. The van der Waals surface area contributed by atoms with Crippen LogP contribution in [0.3, 0.4) is 0 Å². The first-order chi connectivity index (χ1) is 13.1. The van der Waals surface area contributed by atoms with Gasteiger partial charge in [0, 0.05) is 25.8 Å². The molecular weight excluding hydrogens is 356 g/mol. The van der Waals surface area contributed by atoms with Crippen molar-refractivity contribution in [1.29, 1.82) is 0 Å². The Morgan fingerprint density at radius 2 is 1.85 bits per heavy atom. The lowest BCUT2D eigenvalue weighted by atomic mass is 10.1. The maximum absolute atomic E-state index is 12.8. The van der Waals surface area contributed by atoms with Crippen LogP contribution in [0, 0.1) is 0 Å². The van der Waals surface area contributed by atoms with E-state index in [0.717, 1.165) is 39.7 Å². The highest BCUT2D eigenvalue weighted by atomic mass is 32.1. The van der Waals surface area contributed by atoms with Crippen molar-refractivity contribution in [3.63, 3.8) is 0 Å². The van der Waals surface area contributed by atoms with E-state index in [-0.39, 0.29) is 5.91 Å². The van der Waals surface area contributed by atoms with E-state index < -0.39 is 0 Å². The van der Waals surface area contributed by atoms with Gasteiger partial charge in [0.05, 0.1) is 4.88 Å². The molecule has 2 aromatic heterocycles. The fraction of sp³-hybridized carbons (Fsp3) is 0.429. The van der Waals surface area contributed by atoms with E-state index in [4.69, 9.17) is 4.98 Å².